The fourth-order valence-corrected chi connectivity index (χ4v) is 5.52. The lowest BCUT2D eigenvalue weighted by Crippen LogP contribution is -2.31. The molecule has 0 saturated carbocycles. The van der Waals surface area contributed by atoms with Crippen molar-refractivity contribution in [1.29, 1.82) is 5.26 Å². The molecule has 0 aliphatic carbocycles. The predicted octanol–water partition coefficient (Wildman–Crippen LogP) is 9.33. The topological polar surface area (TPSA) is 40.8 Å². The Balaban J connectivity index is 1.70. The Morgan fingerprint density at radius 2 is 1.55 bits per heavy atom. The third-order valence-electron chi connectivity index (χ3n) is 7.62. The molecule has 0 radical (unpaired) electrons. The number of hydrogen-bond acceptors (Lipinski definition) is 2. The molecule has 0 aliphatic rings. The molecule has 0 fully saturated rings. The predicted molar refractivity (Wildman–Crippen MR) is 164 cm³/mol. The van der Waals surface area contributed by atoms with Crippen LogP contribution in [0.2, 0.25) is 0 Å². The van der Waals surface area contributed by atoms with Crippen LogP contribution < -0.4 is 4.57 Å². The normalized spacial score (nSPS) is 14.9. The molecule has 0 aliphatic heterocycles. The molecule has 6 aromatic rings. The second-order valence-electron chi connectivity index (χ2n) is 10.4. The van der Waals surface area contributed by atoms with Crippen molar-refractivity contribution in [3.8, 4) is 39.6 Å². The highest BCUT2D eigenvalue weighted by Crippen LogP contribution is 2.42. The SMILES string of the molecule is [2H]C([2H])([2H])c1cc(C([2H])(C)C)ccc1-c1cc(-c2c(C)ccc3c2oc2c(-c4ccccc4)c(C#N)ccc23)[n+](C)cc1C([2H])([2H])[2H]. The maximum Gasteiger partial charge on any atom is 0.216 e. The lowest BCUT2D eigenvalue weighted by atomic mass is 9.91. The summed E-state index contributed by atoms with van der Waals surface area (Å²) in [5.41, 5.74) is 6.39. The van der Waals surface area contributed by atoms with Crippen LogP contribution in [0, 0.1) is 32.0 Å². The number of hydrogen-bond donors (Lipinski definition) is 0. The van der Waals surface area contributed by atoms with Crippen LogP contribution in [0.4, 0.5) is 0 Å². The molecule has 3 nitrogen and oxygen atoms in total. The third-order valence-corrected chi connectivity index (χ3v) is 7.62. The number of aryl methyl sites for hydroxylation is 4. The maximum absolute atomic E-state index is 10.0. The highest BCUT2D eigenvalue weighted by molar-refractivity contribution is 6.14. The second kappa shape index (κ2) is 9.81. The Morgan fingerprint density at radius 3 is 2.25 bits per heavy atom. The van der Waals surface area contributed by atoms with E-state index in [9.17, 15) is 5.26 Å². The van der Waals surface area contributed by atoms with E-state index in [4.69, 9.17) is 14.0 Å². The van der Waals surface area contributed by atoms with Gasteiger partial charge in [0.2, 0.25) is 5.69 Å². The second-order valence-corrected chi connectivity index (χ2v) is 10.4. The first kappa shape index (κ1) is 18.6. The summed E-state index contributed by atoms with van der Waals surface area (Å²) in [6, 6.07) is 26.1. The van der Waals surface area contributed by atoms with E-state index in [1.54, 1.807) is 49.7 Å². The molecule has 0 spiro atoms. The number of fused-ring (bicyclic) bond motifs is 3. The van der Waals surface area contributed by atoms with Crippen molar-refractivity contribution >= 4 is 21.9 Å². The highest BCUT2D eigenvalue weighted by Gasteiger charge is 2.25. The van der Waals surface area contributed by atoms with E-state index >= 15 is 0 Å². The average molecular weight is 529 g/mol. The van der Waals surface area contributed by atoms with Crippen LogP contribution in [0.5, 0.6) is 0 Å². The quantitative estimate of drug-likeness (QED) is 0.214. The summed E-state index contributed by atoms with van der Waals surface area (Å²) in [4.78, 5) is 0. The summed E-state index contributed by atoms with van der Waals surface area (Å²) < 4.78 is 67.2. The van der Waals surface area contributed by atoms with Gasteiger partial charge < -0.3 is 4.42 Å². The first-order chi connectivity index (χ1) is 22.0. The molecule has 4 aromatic carbocycles. The summed E-state index contributed by atoms with van der Waals surface area (Å²) in [6.07, 6.45) is 1.54. The first-order valence-electron chi connectivity index (χ1n) is 16.6. The molecule has 6 rings (SSSR count). The minimum absolute atomic E-state index is 0.00611. The summed E-state index contributed by atoms with van der Waals surface area (Å²) >= 11 is 0. The van der Waals surface area contributed by atoms with E-state index < -0.39 is 19.6 Å². The Hall–Kier alpha value is -4.68. The van der Waals surface area contributed by atoms with Gasteiger partial charge in [-0.2, -0.15) is 5.26 Å². The van der Waals surface area contributed by atoms with E-state index in [1.807, 2.05) is 55.5 Å². The molecule has 2 aromatic heterocycles. The van der Waals surface area contributed by atoms with Gasteiger partial charge in [0.15, 0.2) is 6.20 Å². The first-order valence-corrected chi connectivity index (χ1v) is 13.1. The largest absolute Gasteiger partial charge is 0.454 e. The van der Waals surface area contributed by atoms with Crippen LogP contribution in [-0.4, -0.2) is 0 Å². The molecule has 0 bridgehead atoms. The van der Waals surface area contributed by atoms with E-state index in [0.717, 1.165) is 27.5 Å². The van der Waals surface area contributed by atoms with Gasteiger partial charge >= 0.3 is 0 Å². The third kappa shape index (κ3) is 4.08. The van der Waals surface area contributed by atoms with Gasteiger partial charge in [-0.25, -0.2) is 4.57 Å². The Bertz CT molecular complexity index is 2230. The molecular formula is C37H33N2O+. The van der Waals surface area contributed by atoms with Crippen molar-refractivity contribution in [1.82, 2.24) is 0 Å². The standard InChI is InChI=1S/C37H33N2O/c1-22(2)27-13-16-29(24(4)18-27)32-19-33(39(6)21-25(32)5)34-23(3)12-15-30-31-17-14-28(20-38)35(37(31)40-36(30)34)26-10-8-7-9-11-26/h7-19,21-22H,1-6H3/q+1/i4D3,5D3,22D. The van der Waals surface area contributed by atoms with E-state index in [2.05, 4.69) is 6.07 Å². The molecule has 0 N–H and O–H groups in total. The van der Waals surface area contributed by atoms with Crippen molar-refractivity contribution in [2.24, 2.45) is 7.05 Å². The van der Waals surface area contributed by atoms with Gasteiger partial charge in [-0.3, -0.25) is 0 Å². The van der Waals surface area contributed by atoms with Gasteiger partial charge in [0.05, 0.1) is 17.2 Å². The molecule has 0 saturated heterocycles. The monoisotopic (exact) mass is 528 g/mol. The fourth-order valence-electron chi connectivity index (χ4n) is 5.52. The number of pyridine rings is 1. The number of aromatic nitrogens is 1. The molecular weight excluding hydrogens is 488 g/mol. The molecule has 40 heavy (non-hydrogen) atoms. The molecule has 2 heterocycles. The van der Waals surface area contributed by atoms with Crippen molar-refractivity contribution < 1.29 is 18.6 Å². The molecule has 0 atom stereocenters. The number of rotatable bonds is 4. The van der Waals surface area contributed by atoms with Crippen LogP contribution in [0.1, 0.15) is 57.2 Å². The van der Waals surface area contributed by atoms with Crippen molar-refractivity contribution in [2.45, 2.75) is 40.4 Å². The molecule has 0 unspecified atom stereocenters. The number of furan rings is 1. The van der Waals surface area contributed by atoms with Gasteiger partial charge in [-0.15, -0.1) is 0 Å². The minimum Gasteiger partial charge on any atom is -0.454 e. The van der Waals surface area contributed by atoms with Crippen molar-refractivity contribution in [3.63, 3.8) is 0 Å². The van der Waals surface area contributed by atoms with Gasteiger partial charge in [-0.05, 0) is 72.0 Å². The zero-order chi connectivity index (χ0) is 34.1. The summed E-state index contributed by atoms with van der Waals surface area (Å²) in [7, 11) is 1.76. The van der Waals surface area contributed by atoms with Crippen molar-refractivity contribution in [2.75, 3.05) is 0 Å². The fraction of sp³-hybridized carbons (Fsp3) is 0.189. The summed E-state index contributed by atoms with van der Waals surface area (Å²) in [5, 5.41) is 11.7. The molecule has 0 amide bonds. The van der Waals surface area contributed by atoms with E-state index in [-0.39, 0.29) is 22.3 Å². The number of benzene rings is 4. The van der Waals surface area contributed by atoms with Gasteiger partial charge in [0.1, 0.15) is 18.2 Å². The Labute approximate surface area is 245 Å². The zero-order valence-electron chi connectivity index (χ0n) is 29.9. The van der Waals surface area contributed by atoms with Crippen LogP contribution in [0.25, 0.3) is 55.4 Å². The van der Waals surface area contributed by atoms with E-state index in [1.165, 1.54) is 12.3 Å². The average Bonchev–Trinajstić information content (AvgIpc) is 3.38. The van der Waals surface area contributed by atoms with Crippen LogP contribution in [0.15, 0.2) is 89.5 Å². The lowest BCUT2D eigenvalue weighted by molar-refractivity contribution is -0.660. The van der Waals surface area contributed by atoms with Gasteiger partial charge in [0.25, 0.3) is 0 Å². The molecule has 196 valence electrons. The van der Waals surface area contributed by atoms with Crippen LogP contribution >= 0.6 is 0 Å². The summed E-state index contributed by atoms with van der Waals surface area (Å²) in [6.45, 7) is 0.182. The van der Waals surface area contributed by atoms with Gasteiger partial charge in [0, 0.05) is 37.6 Å². The highest BCUT2D eigenvalue weighted by atomic mass is 16.3. The Morgan fingerprint density at radius 1 is 0.825 bits per heavy atom. The number of nitriles is 1. The number of nitrogens with zero attached hydrogens (tertiary/aromatic N) is 2. The summed E-state index contributed by atoms with van der Waals surface area (Å²) in [5.74, 6) is -1.06. The zero-order valence-corrected chi connectivity index (χ0v) is 22.9. The maximum atomic E-state index is 10.0. The Kier molecular flexibility index (Phi) is 4.56. The van der Waals surface area contributed by atoms with Crippen LogP contribution in [-0.2, 0) is 7.05 Å². The van der Waals surface area contributed by atoms with E-state index in [0.29, 0.717) is 33.6 Å². The van der Waals surface area contributed by atoms with Crippen molar-refractivity contribution in [3.05, 3.63) is 113 Å². The van der Waals surface area contributed by atoms with Crippen LogP contribution in [0.3, 0.4) is 0 Å². The smallest absolute Gasteiger partial charge is 0.216 e. The lowest BCUT2D eigenvalue weighted by Gasteiger charge is -2.14. The minimum atomic E-state index is -2.57. The van der Waals surface area contributed by atoms with Gasteiger partial charge in [-0.1, -0.05) is 74.5 Å². The molecule has 3 heteroatoms.